The molecule has 9 heteroatoms. The highest BCUT2D eigenvalue weighted by molar-refractivity contribution is 6.08. The number of hydrogen-bond acceptors (Lipinski definition) is 4. The summed E-state index contributed by atoms with van der Waals surface area (Å²) in [5.74, 6) is 0.454. The molecular weight excluding hydrogens is 454 g/mol. The van der Waals surface area contributed by atoms with E-state index in [-0.39, 0.29) is 18.5 Å². The molecule has 0 bridgehead atoms. The average Bonchev–Trinajstić information content (AvgIpc) is 3.29. The number of ether oxygens (including phenoxy) is 1. The van der Waals surface area contributed by atoms with Gasteiger partial charge < -0.3 is 15.0 Å². The predicted molar refractivity (Wildman–Crippen MR) is 128 cm³/mol. The van der Waals surface area contributed by atoms with Gasteiger partial charge in [0, 0.05) is 29.6 Å². The van der Waals surface area contributed by atoms with Crippen LogP contribution in [0.15, 0.2) is 48.5 Å². The fourth-order valence-electron chi connectivity index (χ4n) is 5.37. The van der Waals surface area contributed by atoms with Crippen LogP contribution in [-0.2, 0) is 11.2 Å². The number of aromatic nitrogens is 1. The standard InChI is InChI=1S/C26H28F2N4O3/c1-26-14-19-18-13-17(35-2)9-10-20(18)30-22(19)23(16-7-4-3-5-8-16)32(26)25(34)31(24(26)33)12-6-11-29-15-21(27)28/h3-5,7-10,13,21,23,29-30H,6,11-12,14-15H2,1-2H3/t23-,26+/m1/s1. The molecule has 3 amide bonds. The number of methoxy groups -OCH3 is 1. The minimum atomic E-state index is -2.44. The van der Waals surface area contributed by atoms with Crippen molar-refractivity contribution in [2.75, 3.05) is 26.7 Å². The van der Waals surface area contributed by atoms with Crippen LogP contribution in [0.1, 0.15) is 36.2 Å². The van der Waals surface area contributed by atoms with Crippen LogP contribution in [0.5, 0.6) is 5.75 Å². The number of hydrogen-bond donors (Lipinski definition) is 2. The molecule has 0 saturated carbocycles. The second kappa shape index (κ2) is 8.96. The van der Waals surface area contributed by atoms with Gasteiger partial charge in [-0.15, -0.1) is 0 Å². The van der Waals surface area contributed by atoms with E-state index in [4.69, 9.17) is 4.74 Å². The Morgan fingerprint density at radius 1 is 1.20 bits per heavy atom. The quantitative estimate of drug-likeness (QED) is 0.375. The van der Waals surface area contributed by atoms with Gasteiger partial charge in [-0.2, -0.15) is 0 Å². The van der Waals surface area contributed by atoms with Gasteiger partial charge in [-0.25, -0.2) is 13.6 Å². The molecule has 0 radical (unpaired) electrons. The summed E-state index contributed by atoms with van der Waals surface area (Å²) in [6.45, 7) is 1.88. The Balaban J connectivity index is 1.54. The maximum Gasteiger partial charge on any atom is 0.328 e. The Labute approximate surface area is 202 Å². The van der Waals surface area contributed by atoms with Gasteiger partial charge in [0.2, 0.25) is 0 Å². The minimum Gasteiger partial charge on any atom is -0.497 e. The van der Waals surface area contributed by atoms with Crippen molar-refractivity contribution in [3.63, 3.8) is 0 Å². The largest absolute Gasteiger partial charge is 0.497 e. The number of fused-ring (bicyclic) bond motifs is 4. The van der Waals surface area contributed by atoms with E-state index in [0.717, 1.165) is 33.5 Å². The van der Waals surface area contributed by atoms with Crippen LogP contribution >= 0.6 is 0 Å². The third kappa shape index (κ3) is 3.83. The lowest BCUT2D eigenvalue weighted by atomic mass is 9.81. The topological polar surface area (TPSA) is 77.7 Å². The fraction of sp³-hybridized carbons (Fsp3) is 0.385. The Kier molecular flexibility index (Phi) is 5.96. The zero-order chi connectivity index (χ0) is 24.7. The van der Waals surface area contributed by atoms with E-state index in [9.17, 15) is 18.4 Å². The lowest BCUT2D eigenvalue weighted by molar-refractivity contribution is -0.133. The number of halogens is 2. The van der Waals surface area contributed by atoms with E-state index >= 15 is 0 Å². The summed E-state index contributed by atoms with van der Waals surface area (Å²) in [7, 11) is 1.61. The minimum absolute atomic E-state index is 0.171. The van der Waals surface area contributed by atoms with Crippen molar-refractivity contribution < 1.29 is 23.1 Å². The van der Waals surface area contributed by atoms with Crippen LogP contribution in [-0.4, -0.2) is 65.4 Å². The van der Waals surface area contributed by atoms with Crippen LogP contribution in [0.3, 0.4) is 0 Å². The highest BCUT2D eigenvalue weighted by atomic mass is 19.3. The number of nitrogens with zero attached hydrogens (tertiary/aromatic N) is 2. The molecule has 3 aromatic rings. The Morgan fingerprint density at radius 2 is 1.97 bits per heavy atom. The normalized spacial score (nSPS) is 21.7. The van der Waals surface area contributed by atoms with Crippen molar-refractivity contribution >= 4 is 22.8 Å². The first kappa shape index (κ1) is 23.3. The number of benzene rings is 2. The monoisotopic (exact) mass is 482 g/mol. The predicted octanol–water partition coefficient (Wildman–Crippen LogP) is 4.09. The lowest BCUT2D eigenvalue weighted by Gasteiger charge is -2.42. The molecule has 3 heterocycles. The summed E-state index contributed by atoms with van der Waals surface area (Å²) >= 11 is 0. The molecule has 2 aliphatic rings. The first-order valence-electron chi connectivity index (χ1n) is 11.7. The van der Waals surface area contributed by atoms with Gasteiger partial charge in [0.15, 0.2) is 0 Å². The molecule has 2 aliphatic heterocycles. The summed E-state index contributed by atoms with van der Waals surface area (Å²) < 4.78 is 30.2. The number of aromatic amines is 1. The van der Waals surface area contributed by atoms with Crippen LogP contribution in [0, 0.1) is 0 Å². The maximum absolute atomic E-state index is 13.7. The summed E-state index contributed by atoms with van der Waals surface area (Å²) in [5, 5.41) is 3.63. The van der Waals surface area contributed by atoms with Crippen LogP contribution in [0.25, 0.3) is 10.9 Å². The third-order valence-electron chi connectivity index (χ3n) is 7.02. The zero-order valence-electron chi connectivity index (χ0n) is 19.7. The summed E-state index contributed by atoms with van der Waals surface area (Å²) in [6.07, 6.45) is -1.67. The Morgan fingerprint density at radius 3 is 2.69 bits per heavy atom. The van der Waals surface area contributed by atoms with Crippen LogP contribution in [0.2, 0.25) is 0 Å². The highest BCUT2D eigenvalue weighted by Crippen LogP contribution is 2.48. The van der Waals surface area contributed by atoms with Gasteiger partial charge in [-0.1, -0.05) is 30.3 Å². The molecule has 1 fully saturated rings. The molecule has 184 valence electrons. The average molecular weight is 483 g/mol. The lowest BCUT2D eigenvalue weighted by Crippen LogP contribution is -2.53. The van der Waals surface area contributed by atoms with Crippen molar-refractivity contribution in [1.29, 1.82) is 0 Å². The Hall–Kier alpha value is -3.46. The van der Waals surface area contributed by atoms with Gasteiger partial charge in [-0.3, -0.25) is 14.6 Å². The number of alkyl halides is 2. The SMILES string of the molecule is COc1ccc2[nH]c3c(c2c1)C[C@@]1(C)C(=O)N(CCCNCC(F)F)C(=O)N1[C@@H]3c1ccccc1. The molecule has 2 N–H and O–H groups in total. The molecule has 0 unspecified atom stereocenters. The van der Waals surface area contributed by atoms with Crippen molar-refractivity contribution in [3.8, 4) is 5.75 Å². The number of carbonyl (C=O) groups excluding carboxylic acids is 2. The van der Waals surface area contributed by atoms with E-state index in [1.54, 1.807) is 12.0 Å². The molecule has 1 saturated heterocycles. The smallest absolute Gasteiger partial charge is 0.328 e. The highest BCUT2D eigenvalue weighted by Gasteiger charge is 2.59. The summed E-state index contributed by atoms with van der Waals surface area (Å²) in [5.41, 5.74) is 2.63. The van der Waals surface area contributed by atoms with Crippen molar-refractivity contribution in [1.82, 2.24) is 20.1 Å². The van der Waals surface area contributed by atoms with Crippen molar-refractivity contribution in [2.45, 2.75) is 37.8 Å². The molecule has 2 atom stereocenters. The number of carbonyl (C=O) groups is 2. The number of imide groups is 1. The van der Waals surface area contributed by atoms with E-state index in [0.29, 0.717) is 19.4 Å². The number of nitrogens with one attached hydrogen (secondary N) is 2. The molecular formula is C26H28F2N4O3. The zero-order valence-corrected chi connectivity index (χ0v) is 19.7. The van der Waals surface area contributed by atoms with E-state index in [1.807, 2.05) is 55.5 Å². The molecule has 0 spiro atoms. The molecule has 0 aliphatic carbocycles. The Bertz CT molecular complexity index is 1260. The second-order valence-corrected chi connectivity index (χ2v) is 9.25. The number of urea groups is 1. The van der Waals surface area contributed by atoms with Crippen LogP contribution in [0.4, 0.5) is 13.6 Å². The summed E-state index contributed by atoms with van der Waals surface area (Å²) in [6, 6.07) is 14.6. The van der Waals surface area contributed by atoms with E-state index < -0.39 is 24.6 Å². The van der Waals surface area contributed by atoms with E-state index in [1.165, 1.54) is 4.90 Å². The molecule has 7 nitrogen and oxygen atoms in total. The first-order chi connectivity index (χ1) is 16.8. The fourth-order valence-corrected chi connectivity index (χ4v) is 5.37. The van der Waals surface area contributed by atoms with Gasteiger partial charge >= 0.3 is 6.03 Å². The van der Waals surface area contributed by atoms with Crippen LogP contribution < -0.4 is 10.1 Å². The van der Waals surface area contributed by atoms with Crippen molar-refractivity contribution in [3.05, 3.63) is 65.4 Å². The van der Waals surface area contributed by atoms with Crippen molar-refractivity contribution in [2.24, 2.45) is 0 Å². The number of amides is 3. The molecule has 1 aromatic heterocycles. The van der Waals surface area contributed by atoms with E-state index in [2.05, 4.69) is 10.3 Å². The molecule has 2 aromatic carbocycles. The summed E-state index contributed by atoms with van der Waals surface area (Å²) in [4.78, 5) is 33.9. The first-order valence-corrected chi connectivity index (χ1v) is 11.7. The number of rotatable bonds is 8. The molecule has 5 rings (SSSR count). The second-order valence-electron chi connectivity index (χ2n) is 9.25. The van der Waals surface area contributed by atoms with Gasteiger partial charge in [0.25, 0.3) is 12.3 Å². The van der Waals surface area contributed by atoms with Gasteiger partial charge in [-0.05, 0) is 49.2 Å². The number of H-pyrrole nitrogens is 1. The van der Waals surface area contributed by atoms with Gasteiger partial charge in [0.1, 0.15) is 17.3 Å². The van der Waals surface area contributed by atoms with Gasteiger partial charge in [0.05, 0.1) is 13.7 Å². The maximum atomic E-state index is 13.7. The molecule has 35 heavy (non-hydrogen) atoms. The third-order valence-corrected chi connectivity index (χ3v) is 7.02.